The summed E-state index contributed by atoms with van der Waals surface area (Å²) in [5, 5.41) is 0. The summed E-state index contributed by atoms with van der Waals surface area (Å²) in [6.07, 6.45) is 1.79. The molecule has 0 spiro atoms. The molecule has 2 N–H and O–H groups in total. The lowest BCUT2D eigenvalue weighted by Crippen LogP contribution is -2.17. The predicted molar refractivity (Wildman–Crippen MR) is 70.5 cm³/mol. The van der Waals surface area contributed by atoms with Crippen LogP contribution in [0.1, 0.15) is 18.4 Å². The van der Waals surface area contributed by atoms with Crippen LogP contribution in [0.2, 0.25) is 0 Å². The average molecular weight is 225 g/mol. The van der Waals surface area contributed by atoms with E-state index in [1.54, 1.807) is 6.20 Å². The van der Waals surface area contributed by atoms with Gasteiger partial charge in [-0.1, -0.05) is 25.1 Å². The Labute approximate surface area is 101 Å². The number of para-hydroxylation sites is 1. The number of nitrogens with two attached hydrogens (primary N) is 1. The van der Waals surface area contributed by atoms with Crippen molar-refractivity contribution in [1.82, 2.24) is 4.98 Å². The van der Waals surface area contributed by atoms with Crippen molar-refractivity contribution >= 4 is 17.2 Å². The zero-order valence-electron chi connectivity index (χ0n) is 9.80. The summed E-state index contributed by atoms with van der Waals surface area (Å²) in [7, 11) is 0. The van der Waals surface area contributed by atoms with Gasteiger partial charge in [-0.25, -0.2) is 4.98 Å². The van der Waals surface area contributed by atoms with Crippen LogP contribution in [0.3, 0.4) is 0 Å². The molecule has 3 heteroatoms. The van der Waals surface area contributed by atoms with Gasteiger partial charge in [0.1, 0.15) is 0 Å². The number of fused-ring (bicyclic) bond motifs is 1. The summed E-state index contributed by atoms with van der Waals surface area (Å²) in [5.41, 5.74) is 9.33. The molecule has 1 atom stereocenters. The number of anilines is 3. The minimum atomic E-state index is 0.521. The molecule has 2 heterocycles. The van der Waals surface area contributed by atoms with Crippen molar-refractivity contribution in [3.8, 4) is 0 Å². The summed E-state index contributed by atoms with van der Waals surface area (Å²) in [6.45, 7) is 3.18. The van der Waals surface area contributed by atoms with Crippen LogP contribution in [0, 0.1) is 0 Å². The lowest BCUT2D eigenvalue weighted by Gasteiger charge is -2.19. The average Bonchev–Trinajstić information content (AvgIpc) is 2.68. The molecule has 0 unspecified atom stereocenters. The van der Waals surface area contributed by atoms with Crippen LogP contribution >= 0.6 is 0 Å². The summed E-state index contributed by atoms with van der Waals surface area (Å²) >= 11 is 0. The first-order chi connectivity index (χ1) is 8.27. The maximum absolute atomic E-state index is 6.00. The summed E-state index contributed by atoms with van der Waals surface area (Å²) in [5.74, 6) is 1.39. The van der Waals surface area contributed by atoms with Crippen molar-refractivity contribution in [2.24, 2.45) is 0 Å². The molecule has 86 valence electrons. The van der Waals surface area contributed by atoms with E-state index in [1.807, 2.05) is 12.1 Å². The highest BCUT2D eigenvalue weighted by Gasteiger charge is 2.27. The van der Waals surface area contributed by atoms with E-state index in [1.165, 1.54) is 11.3 Å². The molecular formula is C14H15N3. The Bertz CT molecular complexity index is 551. The van der Waals surface area contributed by atoms with Crippen LogP contribution in [0.25, 0.3) is 0 Å². The SMILES string of the molecule is C[C@@H]1CN(c2ncccc2N)c2ccccc21. The minimum absolute atomic E-state index is 0.521. The monoisotopic (exact) mass is 225 g/mol. The lowest BCUT2D eigenvalue weighted by atomic mass is 10.0. The number of rotatable bonds is 1. The summed E-state index contributed by atoms with van der Waals surface area (Å²) < 4.78 is 0. The number of nitrogens with zero attached hydrogens (tertiary/aromatic N) is 2. The standard InChI is InChI=1S/C14H15N3/c1-10-9-17(13-7-3-2-5-11(10)13)14-12(15)6-4-8-16-14/h2-8,10H,9,15H2,1H3/t10-/m1/s1. The molecule has 0 saturated heterocycles. The lowest BCUT2D eigenvalue weighted by molar-refractivity contribution is 0.808. The second kappa shape index (κ2) is 3.77. The Morgan fingerprint density at radius 3 is 2.88 bits per heavy atom. The van der Waals surface area contributed by atoms with E-state index in [4.69, 9.17) is 5.73 Å². The number of benzene rings is 1. The van der Waals surface area contributed by atoms with Gasteiger partial charge in [0.2, 0.25) is 0 Å². The van der Waals surface area contributed by atoms with Crippen LogP contribution in [-0.4, -0.2) is 11.5 Å². The first-order valence-corrected chi connectivity index (χ1v) is 5.84. The molecule has 1 aromatic heterocycles. The number of nitrogen functional groups attached to an aromatic ring is 1. The fraction of sp³-hybridized carbons (Fsp3) is 0.214. The van der Waals surface area contributed by atoms with Gasteiger partial charge >= 0.3 is 0 Å². The third-order valence-corrected chi connectivity index (χ3v) is 3.29. The normalized spacial score (nSPS) is 18.2. The molecule has 0 saturated carbocycles. The maximum Gasteiger partial charge on any atom is 0.156 e. The predicted octanol–water partition coefficient (Wildman–Crippen LogP) is 2.92. The number of hydrogen-bond acceptors (Lipinski definition) is 3. The molecule has 0 bridgehead atoms. The fourth-order valence-electron chi connectivity index (χ4n) is 2.46. The van der Waals surface area contributed by atoms with Crippen LogP contribution in [0.15, 0.2) is 42.6 Å². The van der Waals surface area contributed by atoms with E-state index in [0.29, 0.717) is 5.92 Å². The van der Waals surface area contributed by atoms with Gasteiger partial charge in [-0.05, 0) is 23.8 Å². The van der Waals surface area contributed by atoms with Gasteiger partial charge in [-0.15, -0.1) is 0 Å². The molecule has 3 rings (SSSR count). The van der Waals surface area contributed by atoms with Crippen molar-refractivity contribution in [2.75, 3.05) is 17.2 Å². The molecule has 1 aliphatic heterocycles. The zero-order valence-corrected chi connectivity index (χ0v) is 9.80. The first-order valence-electron chi connectivity index (χ1n) is 5.84. The second-order valence-electron chi connectivity index (χ2n) is 4.49. The van der Waals surface area contributed by atoms with Gasteiger partial charge in [-0.2, -0.15) is 0 Å². The molecule has 17 heavy (non-hydrogen) atoms. The van der Waals surface area contributed by atoms with Crippen molar-refractivity contribution in [1.29, 1.82) is 0 Å². The summed E-state index contributed by atoms with van der Waals surface area (Å²) in [6, 6.07) is 12.2. The fourth-order valence-corrected chi connectivity index (χ4v) is 2.46. The van der Waals surface area contributed by atoms with E-state index in [2.05, 4.69) is 41.1 Å². The van der Waals surface area contributed by atoms with Crippen LogP contribution < -0.4 is 10.6 Å². The molecule has 0 fully saturated rings. The molecule has 0 aliphatic carbocycles. The Morgan fingerprint density at radius 1 is 1.24 bits per heavy atom. The number of hydrogen-bond donors (Lipinski definition) is 1. The van der Waals surface area contributed by atoms with Crippen molar-refractivity contribution in [2.45, 2.75) is 12.8 Å². The molecule has 0 amide bonds. The van der Waals surface area contributed by atoms with Gasteiger partial charge in [0.25, 0.3) is 0 Å². The van der Waals surface area contributed by atoms with Crippen LogP contribution in [0.4, 0.5) is 17.2 Å². The van der Waals surface area contributed by atoms with Gasteiger partial charge < -0.3 is 10.6 Å². The number of aromatic nitrogens is 1. The Balaban J connectivity index is 2.11. The summed E-state index contributed by atoms with van der Waals surface area (Å²) in [4.78, 5) is 6.60. The molecule has 1 aromatic carbocycles. The second-order valence-corrected chi connectivity index (χ2v) is 4.49. The van der Waals surface area contributed by atoms with E-state index >= 15 is 0 Å². The highest BCUT2D eigenvalue weighted by Crippen LogP contribution is 2.41. The molecule has 1 aliphatic rings. The maximum atomic E-state index is 6.00. The van der Waals surface area contributed by atoms with E-state index in [0.717, 1.165) is 18.1 Å². The Hall–Kier alpha value is -2.03. The van der Waals surface area contributed by atoms with Gasteiger partial charge in [0.05, 0.1) is 5.69 Å². The van der Waals surface area contributed by atoms with Gasteiger partial charge in [0.15, 0.2) is 5.82 Å². The van der Waals surface area contributed by atoms with Crippen LogP contribution in [-0.2, 0) is 0 Å². The Kier molecular flexibility index (Phi) is 2.25. The van der Waals surface area contributed by atoms with E-state index < -0.39 is 0 Å². The minimum Gasteiger partial charge on any atom is -0.396 e. The quantitative estimate of drug-likeness (QED) is 0.811. The molecule has 2 aromatic rings. The topological polar surface area (TPSA) is 42.2 Å². The molecule has 0 radical (unpaired) electrons. The van der Waals surface area contributed by atoms with Crippen molar-refractivity contribution in [3.05, 3.63) is 48.2 Å². The third kappa shape index (κ3) is 1.55. The van der Waals surface area contributed by atoms with Gasteiger partial charge in [-0.3, -0.25) is 0 Å². The Morgan fingerprint density at radius 2 is 2.06 bits per heavy atom. The molecular weight excluding hydrogens is 210 g/mol. The molecule has 3 nitrogen and oxygen atoms in total. The highest BCUT2D eigenvalue weighted by molar-refractivity contribution is 5.75. The van der Waals surface area contributed by atoms with E-state index in [9.17, 15) is 0 Å². The zero-order chi connectivity index (χ0) is 11.8. The van der Waals surface area contributed by atoms with Crippen molar-refractivity contribution in [3.63, 3.8) is 0 Å². The largest absolute Gasteiger partial charge is 0.396 e. The highest BCUT2D eigenvalue weighted by atomic mass is 15.2. The smallest absolute Gasteiger partial charge is 0.156 e. The van der Waals surface area contributed by atoms with Crippen molar-refractivity contribution < 1.29 is 0 Å². The third-order valence-electron chi connectivity index (χ3n) is 3.29. The van der Waals surface area contributed by atoms with E-state index in [-0.39, 0.29) is 0 Å². The first kappa shape index (κ1) is 10.1. The van der Waals surface area contributed by atoms with Crippen LogP contribution in [0.5, 0.6) is 0 Å². The number of pyridine rings is 1. The van der Waals surface area contributed by atoms with Gasteiger partial charge in [0, 0.05) is 24.3 Å².